The Bertz CT molecular complexity index is 1240. The number of carbonyl (C=O) groups is 1. The van der Waals surface area contributed by atoms with Crippen molar-refractivity contribution in [3.63, 3.8) is 0 Å². The fraction of sp³-hybridized carbons (Fsp3) is 0.452. The van der Waals surface area contributed by atoms with Gasteiger partial charge in [0.05, 0.1) is 19.9 Å². The van der Waals surface area contributed by atoms with Crippen LogP contribution < -0.4 is 9.64 Å². The number of piperidine rings is 1. The summed E-state index contributed by atoms with van der Waals surface area (Å²) in [5, 5.41) is 2.44. The van der Waals surface area contributed by atoms with Crippen LogP contribution in [0.1, 0.15) is 24.8 Å². The van der Waals surface area contributed by atoms with Gasteiger partial charge in [-0.2, -0.15) is 0 Å². The fourth-order valence-electron chi connectivity index (χ4n) is 6.31. The van der Waals surface area contributed by atoms with Crippen LogP contribution in [0.3, 0.4) is 0 Å². The van der Waals surface area contributed by atoms with E-state index in [9.17, 15) is 9.18 Å². The van der Waals surface area contributed by atoms with E-state index in [0.717, 1.165) is 64.4 Å². The summed E-state index contributed by atoms with van der Waals surface area (Å²) in [7, 11) is 3.20. The van der Waals surface area contributed by atoms with E-state index in [1.807, 2.05) is 12.1 Å². The normalized spacial score (nSPS) is 21.0. The maximum Gasteiger partial charge on any atom is 0.305 e. The molecule has 38 heavy (non-hydrogen) atoms. The first kappa shape index (κ1) is 26.4. The van der Waals surface area contributed by atoms with Gasteiger partial charge in [-0.25, -0.2) is 4.39 Å². The molecule has 0 aliphatic carbocycles. The van der Waals surface area contributed by atoms with Gasteiger partial charge < -0.3 is 14.4 Å². The van der Waals surface area contributed by atoms with E-state index in [2.05, 4.69) is 51.1 Å². The molecule has 0 saturated carbocycles. The van der Waals surface area contributed by atoms with Gasteiger partial charge in [0.2, 0.25) is 0 Å². The van der Waals surface area contributed by atoms with Gasteiger partial charge in [0.15, 0.2) is 0 Å². The maximum atomic E-state index is 14.4. The number of nitrogens with zero attached hydrogens (tertiary/aromatic N) is 3. The highest BCUT2D eigenvalue weighted by Gasteiger charge is 2.35. The minimum atomic E-state index is -0.158. The Morgan fingerprint density at radius 1 is 0.947 bits per heavy atom. The average Bonchev–Trinajstić information content (AvgIpc) is 2.96. The lowest BCUT2D eigenvalue weighted by molar-refractivity contribution is -0.141. The Labute approximate surface area is 224 Å². The van der Waals surface area contributed by atoms with Crippen molar-refractivity contribution >= 4 is 22.4 Å². The Morgan fingerprint density at radius 3 is 2.47 bits per heavy atom. The van der Waals surface area contributed by atoms with E-state index in [4.69, 9.17) is 9.47 Å². The summed E-state index contributed by atoms with van der Waals surface area (Å²) in [4.78, 5) is 19.3. The minimum absolute atomic E-state index is 0.152. The zero-order chi connectivity index (χ0) is 26.5. The molecule has 6 nitrogen and oxygen atoms in total. The number of methoxy groups -OCH3 is 2. The molecule has 2 aliphatic heterocycles. The first-order chi connectivity index (χ1) is 18.6. The molecule has 0 radical (unpaired) electrons. The van der Waals surface area contributed by atoms with Crippen LogP contribution in [0.2, 0.25) is 0 Å². The summed E-state index contributed by atoms with van der Waals surface area (Å²) >= 11 is 0. The van der Waals surface area contributed by atoms with Crippen molar-refractivity contribution in [3.8, 4) is 5.75 Å². The number of hydrogen-bond donors (Lipinski definition) is 0. The minimum Gasteiger partial charge on any atom is -0.496 e. The summed E-state index contributed by atoms with van der Waals surface area (Å²) in [5.74, 6) is 0.958. The van der Waals surface area contributed by atoms with Gasteiger partial charge in [0.25, 0.3) is 0 Å². The predicted octanol–water partition coefficient (Wildman–Crippen LogP) is 4.95. The van der Waals surface area contributed by atoms with Gasteiger partial charge >= 0.3 is 5.97 Å². The summed E-state index contributed by atoms with van der Waals surface area (Å²) in [6, 6.07) is 20.1. The topological polar surface area (TPSA) is 45.2 Å². The highest BCUT2D eigenvalue weighted by molar-refractivity contribution is 5.87. The van der Waals surface area contributed by atoms with E-state index in [1.165, 1.54) is 29.5 Å². The van der Waals surface area contributed by atoms with Crippen LogP contribution in [0.25, 0.3) is 10.8 Å². The van der Waals surface area contributed by atoms with Crippen LogP contribution >= 0.6 is 0 Å². The number of piperazine rings is 1. The van der Waals surface area contributed by atoms with Gasteiger partial charge in [0.1, 0.15) is 11.6 Å². The molecule has 0 spiro atoms. The van der Waals surface area contributed by atoms with Crippen molar-refractivity contribution in [2.24, 2.45) is 5.92 Å². The van der Waals surface area contributed by atoms with Gasteiger partial charge in [0, 0.05) is 57.3 Å². The smallest absolute Gasteiger partial charge is 0.305 e. The molecule has 2 saturated heterocycles. The Hall–Kier alpha value is -3.16. The van der Waals surface area contributed by atoms with Gasteiger partial charge in [-0.3, -0.25) is 14.6 Å². The van der Waals surface area contributed by atoms with Crippen LogP contribution in [0.4, 0.5) is 10.1 Å². The second-order valence-corrected chi connectivity index (χ2v) is 10.4. The third kappa shape index (κ3) is 5.79. The van der Waals surface area contributed by atoms with E-state index in [1.54, 1.807) is 13.2 Å². The Morgan fingerprint density at radius 2 is 1.71 bits per heavy atom. The molecule has 2 aliphatic rings. The van der Waals surface area contributed by atoms with E-state index >= 15 is 0 Å². The number of hydrogen-bond acceptors (Lipinski definition) is 6. The van der Waals surface area contributed by atoms with E-state index in [0.29, 0.717) is 24.1 Å². The number of esters is 1. The molecule has 202 valence electrons. The van der Waals surface area contributed by atoms with Crippen molar-refractivity contribution < 1.29 is 18.7 Å². The fourth-order valence-corrected chi connectivity index (χ4v) is 6.31. The quantitative estimate of drug-likeness (QED) is 0.393. The lowest BCUT2D eigenvalue weighted by Gasteiger charge is -2.47. The van der Waals surface area contributed by atoms with Crippen LogP contribution in [-0.4, -0.2) is 75.3 Å². The van der Waals surface area contributed by atoms with Crippen LogP contribution in [-0.2, 0) is 16.1 Å². The standard InChI is InChI=1S/C31H38FN3O3/c1-37-30-13-11-23-7-3-4-8-25(23)26(30)22-33-16-15-28(24(21-33)12-14-31(36)38-2)34-17-19-35(20-18-34)29-10-6-5-9-27(29)32/h3-11,13,24,28H,12,14-22H2,1-2H3/t24-,28+/m1/s1. The molecule has 5 rings (SSSR count). The number of rotatable bonds is 8. The first-order valence-electron chi connectivity index (χ1n) is 13.6. The lowest BCUT2D eigenvalue weighted by atomic mass is 9.86. The molecule has 0 unspecified atom stereocenters. The molecule has 3 aromatic rings. The number of ether oxygens (including phenoxy) is 2. The molecular weight excluding hydrogens is 481 g/mol. The first-order valence-corrected chi connectivity index (χ1v) is 13.6. The second-order valence-electron chi connectivity index (χ2n) is 10.4. The zero-order valence-corrected chi connectivity index (χ0v) is 22.4. The second kappa shape index (κ2) is 12.1. The van der Waals surface area contributed by atoms with Crippen molar-refractivity contribution in [1.29, 1.82) is 0 Å². The number of carbonyl (C=O) groups excluding carboxylic acids is 1. The molecule has 0 amide bonds. The van der Waals surface area contributed by atoms with Crippen molar-refractivity contribution in [2.45, 2.75) is 31.8 Å². The Kier molecular flexibility index (Phi) is 8.45. The third-order valence-corrected chi connectivity index (χ3v) is 8.30. The number of benzene rings is 3. The summed E-state index contributed by atoms with van der Waals surface area (Å²) in [5.41, 5.74) is 1.91. The molecule has 2 fully saturated rings. The van der Waals surface area contributed by atoms with Gasteiger partial charge in [-0.1, -0.05) is 42.5 Å². The summed E-state index contributed by atoms with van der Waals surface area (Å²) < 4.78 is 25.1. The van der Waals surface area contributed by atoms with Crippen LogP contribution in [0, 0.1) is 11.7 Å². The number of anilines is 1. The predicted molar refractivity (Wildman–Crippen MR) is 149 cm³/mol. The molecule has 7 heteroatoms. The molecule has 2 atom stereocenters. The third-order valence-electron chi connectivity index (χ3n) is 8.30. The van der Waals surface area contributed by atoms with Crippen molar-refractivity contribution in [3.05, 3.63) is 72.0 Å². The van der Waals surface area contributed by atoms with Gasteiger partial charge in [-0.15, -0.1) is 0 Å². The highest BCUT2D eigenvalue weighted by Crippen LogP contribution is 2.33. The largest absolute Gasteiger partial charge is 0.496 e. The number of fused-ring (bicyclic) bond motifs is 1. The van der Waals surface area contributed by atoms with Crippen molar-refractivity contribution in [1.82, 2.24) is 9.80 Å². The molecule has 2 heterocycles. The molecule has 0 N–H and O–H groups in total. The van der Waals surface area contributed by atoms with Crippen LogP contribution in [0.5, 0.6) is 5.75 Å². The highest BCUT2D eigenvalue weighted by atomic mass is 19.1. The molecule has 3 aromatic carbocycles. The maximum absolute atomic E-state index is 14.4. The Balaban J connectivity index is 1.30. The van der Waals surface area contributed by atoms with Crippen LogP contribution in [0.15, 0.2) is 60.7 Å². The van der Waals surface area contributed by atoms with E-state index in [-0.39, 0.29) is 11.8 Å². The number of para-hydroxylation sites is 1. The molecular formula is C31H38FN3O3. The number of halogens is 1. The zero-order valence-electron chi connectivity index (χ0n) is 22.4. The average molecular weight is 520 g/mol. The molecule has 0 aromatic heterocycles. The monoisotopic (exact) mass is 519 g/mol. The number of likely N-dealkylation sites (tertiary alicyclic amines) is 1. The van der Waals surface area contributed by atoms with Gasteiger partial charge in [-0.05, 0) is 54.3 Å². The van der Waals surface area contributed by atoms with E-state index < -0.39 is 0 Å². The summed E-state index contributed by atoms with van der Waals surface area (Å²) in [6.07, 6.45) is 2.27. The van der Waals surface area contributed by atoms with Crippen molar-refractivity contribution in [2.75, 3.05) is 58.4 Å². The molecule has 0 bridgehead atoms. The summed E-state index contributed by atoms with van der Waals surface area (Å²) in [6.45, 7) is 6.11. The lowest BCUT2D eigenvalue weighted by Crippen LogP contribution is -2.56. The SMILES string of the molecule is COC(=O)CC[C@@H]1CN(Cc2c(OC)ccc3ccccc23)CC[C@@H]1N1CCN(c2ccccc2F)CC1.